The molecule has 1 amide bonds. The van der Waals surface area contributed by atoms with Gasteiger partial charge < -0.3 is 15.6 Å². The number of hydrogen-bond donors (Lipinski definition) is 2. The molecule has 27 heavy (non-hydrogen) atoms. The van der Waals surface area contributed by atoms with Crippen LogP contribution in [0.3, 0.4) is 0 Å². The van der Waals surface area contributed by atoms with E-state index in [9.17, 15) is 4.79 Å². The highest BCUT2D eigenvalue weighted by Gasteiger charge is 2.35. The summed E-state index contributed by atoms with van der Waals surface area (Å²) in [4.78, 5) is 12.7. The van der Waals surface area contributed by atoms with Gasteiger partial charge in [-0.15, -0.1) is 10.2 Å². The van der Waals surface area contributed by atoms with Crippen LogP contribution in [0.15, 0.2) is 18.2 Å². The molecule has 0 spiro atoms. The van der Waals surface area contributed by atoms with Gasteiger partial charge in [0.25, 0.3) is 0 Å². The molecule has 1 saturated carbocycles. The highest BCUT2D eigenvalue weighted by atomic mass is 35.5. The van der Waals surface area contributed by atoms with E-state index < -0.39 is 5.54 Å². The number of nitrogens with one attached hydrogen (secondary N) is 1. The van der Waals surface area contributed by atoms with Gasteiger partial charge in [-0.3, -0.25) is 4.79 Å². The summed E-state index contributed by atoms with van der Waals surface area (Å²) in [5.41, 5.74) is 7.07. The number of benzene rings is 1. The number of amides is 1. The Morgan fingerprint density at radius 2 is 1.89 bits per heavy atom. The molecule has 0 saturated heterocycles. The number of fused-ring (bicyclic) bond motifs is 1. The molecule has 0 radical (unpaired) electrons. The quantitative estimate of drug-likeness (QED) is 0.835. The van der Waals surface area contributed by atoms with Crippen molar-refractivity contribution in [1.29, 1.82) is 0 Å². The van der Waals surface area contributed by atoms with Crippen LogP contribution in [0.4, 0.5) is 5.69 Å². The lowest BCUT2D eigenvalue weighted by molar-refractivity contribution is -0.122. The zero-order valence-corrected chi connectivity index (χ0v) is 16.3. The van der Waals surface area contributed by atoms with E-state index in [-0.39, 0.29) is 5.91 Å². The van der Waals surface area contributed by atoms with Crippen molar-refractivity contribution in [2.24, 2.45) is 5.73 Å². The maximum atomic E-state index is 12.7. The third-order valence-electron chi connectivity index (χ3n) is 5.77. The zero-order chi connectivity index (χ0) is 18.9. The van der Waals surface area contributed by atoms with Gasteiger partial charge >= 0.3 is 0 Å². The van der Waals surface area contributed by atoms with Gasteiger partial charge in [-0.25, -0.2) is 0 Å². The van der Waals surface area contributed by atoms with Crippen molar-refractivity contribution in [2.45, 2.75) is 69.9 Å². The van der Waals surface area contributed by atoms with Crippen LogP contribution in [0.2, 0.25) is 5.02 Å². The van der Waals surface area contributed by atoms with E-state index in [0.717, 1.165) is 75.1 Å². The first kappa shape index (κ1) is 18.4. The fraction of sp³-hybridized carbons (Fsp3) is 0.550. The molecule has 6 nitrogen and oxygen atoms in total. The van der Waals surface area contributed by atoms with E-state index >= 15 is 0 Å². The van der Waals surface area contributed by atoms with Gasteiger partial charge in [0, 0.05) is 24.2 Å². The van der Waals surface area contributed by atoms with Crippen LogP contribution in [-0.2, 0) is 17.8 Å². The summed E-state index contributed by atoms with van der Waals surface area (Å²) in [6.45, 7) is 0.899. The number of aryl methyl sites for hydroxylation is 1. The van der Waals surface area contributed by atoms with Crippen molar-refractivity contribution in [1.82, 2.24) is 14.8 Å². The lowest BCUT2D eigenvalue weighted by atomic mass is 9.82. The van der Waals surface area contributed by atoms with Gasteiger partial charge in [-0.1, -0.05) is 37.3 Å². The van der Waals surface area contributed by atoms with Gasteiger partial charge in [0.1, 0.15) is 5.82 Å². The molecule has 2 heterocycles. The molecule has 7 heteroatoms. The van der Waals surface area contributed by atoms with Crippen LogP contribution in [0.25, 0.3) is 11.4 Å². The predicted octanol–water partition coefficient (Wildman–Crippen LogP) is 3.93. The summed E-state index contributed by atoms with van der Waals surface area (Å²) in [6.07, 6.45) is 9.01. The number of carbonyl (C=O) groups excluding carboxylic acids is 1. The Morgan fingerprint density at radius 3 is 2.70 bits per heavy atom. The van der Waals surface area contributed by atoms with Gasteiger partial charge in [-0.2, -0.15) is 0 Å². The average molecular weight is 388 g/mol. The number of nitrogens with zero attached hydrogens (tertiary/aromatic N) is 3. The minimum Gasteiger partial charge on any atom is -0.324 e. The number of anilines is 1. The summed E-state index contributed by atoms with van der Waals surface area (Å²) in [6, 6.07) is 5.50. The molecule has 1 aromatic heterocycles. The predicted molar refractivity (Wildman–Crippen MR) is 107 cm³/mol. The Hall–Kier alpha value is -1.92. The fourth-order valence-corrected chi connectivity index (χ4v) is 4.33. The molecule has 1 aliphatic heterocycles. The number of hydrogen-bond acceptors (Lipinski definition) is 4. The maximum Gasteiger partial charge on any atom is 0.244 e. The van der Waals surface area contributed by atoms with Crippen LogP contribution in [0.5, 0.6) is 0 Å². The van der Waals surface area contributed by atoms with Gasteiger partial charge in [-0.05, 0) is 43.9 Å². The normalized spacial score (nSPS) is 19.2. The van der Waals surface area contributed by atoms with Crippen molar-refractivity contribution in [3.05, 3.63) is 29.0 Å². The van der Waals surface area contributed by atoms with Crippen LogP contribution >= 0.6 is 11.6 Å². The van der Waals surface area contributed by atoms with Crippen molar-refractivity contribution in [3.8, 4) is 11.4 Å². The SMILES string of the molecule is NC1(C(=O)Nc2ccc(Cl)c(-c3nnc4n3CCCCC4)c2)CCCCC1. The molecule has 1 aromatic carbocycles. The van der Waals surface area contributed by atoms with Crippen molar-refractivity contribution >= 4 is 23.2 Å². The molecule has 2 aliphatic rings. The average Bonchev–Trinajstić information content (AvgIpc) is 2.91. The van der Waals surface area contributed by atoms with Crippen molar-refractivity contribution in [3.63, 3.8) is 0 Å². The van der Waals surface area contributed by atoms with Crippen LogP contribution in [0.1, 0.15) is 57.2 Å². The van der Waals surface area contributed by atoms with E-state index in [0.29, 0.717) is 10.7 Å². The molecule has 4 rings (SSSR count). The largest absolute Gasteiger partial charge is 0.324 e. The number of rotatable bonds is 3. The first-order chi connectivity index (χ1) is 13.1. The maximum absolute atomic E-state index is 12.7. The van der Waals surface area contributed by atoms with E-state index in [2.05, 4.69) is 20.1 Å². The molecular formula is C20H26ClN5O. The summed E-state index contributed by atoms with van der Waals surface area (Å²) in [7, 11) is 0. The second-order valence-electron chi connectivity index (χ2n) is 7.77. The molecule has 2 aromatic rings. The minimum atomic E-state index is -0.774. The Kier molecular flexibility index (Phi) is 5.19. The Bertz CT molecular complexity index is 841. The Morgan fingerprint density at radius 1 is 1.11 bits per heavy atom. The summed E-state index contributed by atoms with van der Waals surface area (Å²) >= 11 is 6.47. The van der Waals surface area contributed by atoms with Crippen molar-refractivity contribution < 1.29 is 4.79 Å². The molecule has 1 fully saturated rings. The van der Waals surface area contributed by atoms with Crippen LogP contribution < -0.4 is 11.1 Å². The van der Waals surface area contributed by atoms with E-state index in [1.165, 1.54) is 6.42 Å². The first-order valence-electron chi connectivity index (χ1n) is 9.89. The zero-order valence-electron chi connectivity index (χ0n) is 15.5. The summed E-state index contributed by atoms with van der Waals surface area (Å²) in [5, 5.41) is 12.3. The highest BCUT2D eigenvalue weighted by Crippen LogP contribution is 2.32. The highest BCUT2D eigenvalue weighted by molar-refractivity contribution is 6.33. The van der Waals surface area contributed by atoms with Crippen LogP contribution in [0, 0.1) is 0 Å². The molecule has 3 N–H and O–H groups in total. The van der Waals surface area contributed by atoms with Crippen molar-refractivity contribution in [2.75, 3.05) is 5.32 Å². The molecule has 0 atom stereocenters. The van der Waals surface area contributed by atoms with Gasteiger partial charge in [0.15, 0.2) is 5.82 Å². The van der Waals surface area contributed by atoms with Gasteiger partial charge in [0.05, 0.1) is 10.6 Å². The van der Waals surface area contributed by atoms with E-state index in [1.54, 1.807) is 6.07 Å². The summed E-state index contributed by atoms with van der Waals surface area (Å²) < 4.78 is 2.16. The monoisotopic (exact) mass is 387 g/mol. The number of carbonyl (C=O) groups is 1. The third-order valence-corrected chi connectivity index (χ3v) is 6.10. The third kappa shape index (κ3) is 3.73. The smallest absolute Gasteiger partial charge is 0.244 e. The summed E-state index contributed by atoms with van der Waals surface area (Å²) in [5.74, 6) is 1.67. The molecule has 1 aliphatic carbocycles. The van der Waals surface area contributed by atoms with Gasteiger partial charge in [0.2, 0.25) is 5.91 Å². The molecule has 144 valence electrons. The Balaban J connectivity index is 1.61. The fourth-order valence-electron chi connectivity index (χ4n) is 4.12. The molecular weight excluding hydrogens is 362 g/mol. The molecule has 0 unspecified atom stereocenters. The topological polar surface area (TPSA) is 85.8 Å². The lowest BCUT2D eigenvalue weighted by Crippen LogP contribution is -2.52. The second kappa shape index (κ2) is 7.60. The minimum absolute atomic E-state index is 0.115. The lowest BCUT2D eigenvalue weighted by Gasteiger charge is -2.31. The second-order valence-corrected chi connectivity index (χ2v) is 8.17. The molecule has 0 bridgehead atoms. The van der Waals surface area contributed by atoms with Crippen LogP contribution in [-0.4, -0.2) is 26.2 Å². The van der Waals surface area contributed by atoms with E-state index in [1.807, 2.05) is 12.1 Å². The van der Waals surface area contributed by atoms with E-state index in [4.69, 9.17) is 17.3 Å². The standard InChI is InChI=1S/C20H26ClN5O/c21-16-9-8-14(23-19(27)20(22)10-4-2-5-11-20)13-15(16)18-25-24-17-7-3-1-6-12-26(17)18/h8-9,13H,1-7,10-12,22H2,(H,23,27). The number of nitrogens with two attached hydrogens (primary N) is 1. The Labute approximate surface area is 164 Å². The number of aromatic nitrogens is 3. The number of halogens is 1. The first-order valence-corrected chi connectivity index (χ1v) is 10.3.